The maximum absolute atomic E-state index is 6.57. The number of hydrogen-bond donors (Lipinski definition) is 1. The maximum Gasteiger partial charge on any atom is 0.203 e. The minimum atomic E-state index is 0.321. The zero-order chi connectivity index (χ0) is 18.8. The molecule has 0 radical (unpaired) electrons. The molecule has 4 rings (SSSR count). The molecule has 0 spiro atoms. The Morgan fingerprint density at radius 3 is 2.78 bits per heavy atom. The Morgan fingerprint density at radius 1 is 1.26 bits per heavy atom. The van der Waals surface area contributed by atoms with Gasteiger partial charge in [-0.25, -0.2) is 9.98 Å². The number of nitrogens with two attached hydrogens (primary N) is 1. The van der Waals surface area contributed by atoms with Gasteiger partial charge in [0.1, 0.15) is 0 Å². The van der Waals surface area contributed by atoms with E-state index in [0.29, 0.717) is 22.7 Å². The number of fused-ring (bicyclic) bond motifs is 1. The summed E-state index contributed by atoms with van der Waals surface area (Å²) in [5.74, 6) is 0.439. The summed E-state index contributed by atoms with van der Waals surface area (Å²) in [6.45, 7) is 1.89. The molecule has 2 heterocycles. The van der Waals surface area contributed by atoms with Crippen LogP contribution < -0.4 is 10.6 Å². The predicted octanol–water partition coefficient (Wildman–Crippen LogP) is 5.44. The van der Waals surface area contributed by atoms with Crippen molar-refractivity contribution in [3.63, 3.8) is 0 Å². The van der Waals surface area contributed by atoms with Crippen molar-refractivity contribution in [3.8, 4) is 0 Å². The number of benzene rings is 1. The number of hydrogen-bond acceptors (Lipinski definition) is 4. The summed E-state index contributed by atoms with van der Waals surface area (Å²) in [6, 6.07) is 8.19. The fraction of sp³-hybridized carbons (Fsp3) is 0.350. The lowest BCUT2D eigenvalue weighted by Crippen LogP contribution is -2.45. The minimum absolute atomic E-state index is 0.321. The third-order valence-electron chi connectivity index (χ3n) is 5.01. The second-order valence-electron chi connectivity index (χ2n) is 6.82. The van der Waals surface area contributed by atoms with E-state index in [1.807, 2.05) is 42.8 Å². The fourth-order valence-electron chi connectivity index (χ4n) is 3.68. The summed E-state index contributed by atoms with van der Waals surface area (Å²) in [6.07, 6.45) is 7.69. The molecule has 0 amide bonds. The molecule has 1 fully saturated rings. The molecule has 0 saturated heterocycles. The molecule has 1 aliphatic carbocycles. The number of aryl methyl sites for hydroxylation is 1. The smallest absolute Gasteiger partial charge is 0.203 e. The summed E-state index contributed by atoms with van der Waals surface area (Å²) in [5, 5.41) is 4.30. The van der Waals surface area contributed by atoms with Gasteiger partial charge >= 0.3 is 0 Å². The number of rotatable bonds is 3. The summed E-state index contributed by atoms with van der Waals surface area (Å²) >= 11 is 8.16. The zero-order valence-electron chi connectivity index (χ0n) is 15.2. The highest BCUT2D eigenvalue weighted by atomic mass is 35.5. The number of guanidine groups is 1. The molecule has 3 aromatic rings. The normalized spacial score (nSPS) is 16.0. The molecule has 1 saturated carbocycles. The first-order valence-electron chi connectivity index (χ1n) is 9.23. The second kappa shape index (κ2) is 7.82. The van der Waals surface area contributed by atoms with Gasteiger partial charge in [-0.2, -0.15) is 0 Å². The SMILES string of the molecule is Cc1nc2ccccc2c(N=C(N)N(c2nccs2)C2CCCCC2)c1Cl. The van der Waals surface area contributed by atoms with Crippen molar-refractivity contribution in [2.75, 3.05) is 4.90 Å². The molecule has 1 aromatic carbocycles. The summed E-state index contributed by atoms with van der Waals surface area (Å²) in [5.41, 5.74) is 8.84. The molecule has 0 atom stereocenters. The van der Waals surface area contributed by atoms with Gasteiger partial charge in [0, 0.05) is 23.0 Å². The molecular weight excluding hydrogens is 378 g/mol. The average molecular weight is 400 g/mol. The van der Waals surface area contributed by atoms with Crippen LogP contribution in [0, 0.1) is 6.92 Å². The Kier molecular flexibility index (Phi) is 5.27. The van der Waals surface area contributed by atoms with Crippen molar-refractivity contribution in [1.82, 2.24) is 9.97 Å². The Balaban J connectivity index is 1.82. The Hall–Kier alpha value is -2.18. The Labute approximate surface area is 167 Å². The Morgan fingerprint density at radius 2 is 2.04 bits per heavy atom. The van der Waals surface area contributed by atoms with Gasteiger partial charge in [0.25, 0.3) is 0 Å². The third-order valence-corrected chi connectivity index (χ3v) is 6.23. The van der Waals surface area contributed by atoms with Crippen LogP contribution in [0.3, 0.4) is 0 Å². The first kappa shape index (κ1) is 18.2. The standard InChI is InChI=1S/C20H22ClN5S/c1-13-17(21)18(15-9-5-6-10-16(15)24-13)25-19(22)26(20-23-11-12-27-20)14-7-3-2-4-8-14/h5-6,9-12,14H,2-4,7-8H2,1H3,(H2,22,24,25). The zero-order valence-corrected chi connectivity index (χ0v) is 16.8. The number of anilines is 1. The van der Waals surface area contributed by atoms with Crippen molar-refractivity contribution in [2.45, 2.75) is 45.1 Å². The van der Waals surface area contributed by atoms with Crippen molar-refractivity contribution in [3.05, 3.63) is 46.6 Å². The molecule has 0 aliphatic heterocycles. The van der Waals surface area contributed by atoms with E-state index < -0.39 is 0 Å². The van der Waals surface area contributed by atoms with E-state index in [1.165, 1.54) is 19.3 Å². The van der Waals surface area contributed by atoms with Crippen molar-refractivity contribution >= 4 is 50.6 Å². The molecule has 27 heavy (non-hydrogen) atoms. The number of para-hydroxylation sites is 1. The van der Waals surface area contributed by atoms with Crippen LogP contribution in [0.25, 0.3) is 10.9 Å². The van der Waals surface area contributed by atoms with Gasteiger partial charge in [0.05, 0.1) is 21.9 Å². The summed E-state index contributed by atoms with van der Waals surface area (Å²) in [4.78, 5) is 15.9. The lowest BCUT2D eigenvalue weighted by molar-refractivity contribution is 0.439. The van der Waals surface area contributed by atoms with Crippen LogP contribution >= 0.6 is 22.9 Å². The van der Waals surface area contributed by atoms with Gasteiger partial charge in [0.2, 0.25) is 5.96 Å². The van der Waals surface area contributed by atoms with Gasteiger partial charge in [-0.3, -0.25) is 9.88 Å². The number of aliphatic imine (C=N–C) groups is 1. The maximum atomic E-state index is 6.57. The first-order chi connectivity index (χ1) is 13.1. The van der Waals surface area contributed by atoms with Gasteiger partial charge < -0.3 is 5.73 Å². The van der Waals surface area contributed by atoms with Crippen LogP contribution in [-0.4, -0.2) is 22.0 Å². The fourth-order valence-corrected chi connectivity index (χ4v) is 4.59. The van der Waals surface area contributed by atoms with Crippen molar-refractivity contribution in [2.24, 2.45) is 10.7 Å². The van der Waals surface area contributed by atoms with Gasteiger partial charge in [-0.05, 0) is 25.8 Å². The predicted molar refractivity (Wildman–Crippen MR) is 114 cm³/mol. The third kappa shape index (κ3) is 3.64. The average Bonchev–Trinajstić information content (AvgIpc) is 3.20. The van der Waals surface area contributed by atoms with Gasteiger partial charge in [0.15, 0.2) is 5.13 Å². The highest BCUT2D eigenvalue weighted by Gasteiger charge is 2.26. The summed E-state index contributed by atoms with van der Waals surface area (Å²) < 4.78 is 0. The largest absolute Gasteiger partial charge is 0.369 e. The van der Waals surface area contributed by atoms with E-state index in [2.05, 4.69) is 14.9 Å². The highest BCUT2D eigenvalue weighted by molar-refractivity contribution is 7.13. The van der Waals surface area contributed by atoms with Crippen LogP contribution in [-0.2, 0) is 0 Å². The van der Waals surface area contributed by atoms with Crippen molar-refractivity contribution < 1.29 is 0 Å². The van der Waals surface area contributed by atoms with E-state index >= 15 is 0 Å². The number of thiazole rings is 1. The highest BCUT2D eigenvalue weighted by Crippen LogP contribution is 2.36. The molecule has 2 N–H and O–H groups in total. The monoisotopic (exact) mass is 399 g/mol. The molecule has 140 valence electrons. The molecule has 0 unspecified atom stereocenters. The van der Waals surface area contributed by atoms with Gasteiger partial charge in [-0.1, -0.05) is 49.1 Å². The Bertz CT molecular complexity index is 964. The molecule has 1 aliphatic rings. The van der Waals surface area contributed by atoms with E-state index in [-0.39, 0.29) is 0 Å². The quantitative estimate of drug-likeness (QED) is 0.470. The van der Waals surface area contributed by atoms with E-state index in [0.717, 1.165) is 34.6 Å². The molecular formula is C20H22ClN5S. The van der Waals surface area contributed by atoms with Gasteiger partial charge in [-0.15, -0.1) is 11.3 Å². The van der Waals surface area contributed by atoms with E-state index in [4.69, 9.17) is 22.3 Å². The molecule has 7 heteroatoms. The number of nitrogens with zero attached hydrogens (tertiary/aromatic N) is 4. The number of pyridine rings is 1. The van der Waals surface area contributed by atoms with E-state index in [9.17, 15) is 0 Å². The van der Waals surface area contributed by atoms with Crippen LogP contribution in [0.2, 0.25) is 5.02 Å². The molecule has 0 bridgehead atoms. The van der Waals surface area contributed by atoms with Crippen LogP contribution in [0.4, 0.5) is 10.8 Å². The van der Waals surface area contributed by atoms with Crippen LogP contribution in [0.5, 0.6) is 0 Å². The molecule has 2 aromatic heterocycles. The molecule has 5 nitrogen and oxygen atoms in total. The van der Waals surface area contributed by atoms with Crippen molar-refractivity contribution in [1.29, 1.82) is 0 Å². The lowest BCUT2D eigenvalue weighted by atomic mass is 9.94. The summed E-state index contributed by atoms with van der Waals surface area (Å²) in [7, 11) is 0. The second-order valence-corrected chi connectivity index (χ2v) is 8.07. The van der Waals surface area contributed by atoms with E-state index in [1.54, 1.807) is 11.3 Å². The topological polar surface area (TPSA) is 67.4 Å². The number of aromatic nitrogens is 2. The van der Waals surface area contributed by atoms with Crippen LogP contribution in [0.15, 0.2) is 40.8 Å². The number of halogens is 1. The first-order valence-corrected chi connectivity index (χ1v) is 10.5. The lowest BCUT2D eigenvalue weighted by Gasteiger charge is -2.33. The minimum Gasteiger partial charge on any atom is -0.369 e. The van der Waals surface area contributed by atoms with Crippen LogP contribution in [0.1, 0.15) is 37.8 Å².